The van der Waals surface area contributed by atoms with Gasteiger partial charge >= 0.3 is 0 Å². The molecule has 1 heterocycles. The predicted molar refractivity (Wildman–Crippen MR) is 90.7 cm³/mol. The van der Waals surface area contributed by atoms with Gasteiger partial charge in [0.15, 0.2) is 5.75 Å². The molecule has 2 aromatic carbocycles. The van der Waals surface area contributed by atoms with E-state index in [-0.39, 0.29) is 0 Å². The quantitative estimate of drug-likeness (QED) is 0.538. The van der Waals surface area contributed by atoms with Crippen molar-refractivity contribution in [3.63, 3.8) is 0 Å². The molecule has 3 nitrogen and oxygen atoms in total. The summed E-state index contributed by atoms with van der Waals surface area (Å²) >= 11 is 15.4. The fourth-order valence-electron chi connectivity index (χ4n) is 2.00. The second-order valence-corrected chi connectivity index (χ2v) is 6.21. The summed E-state index contributed by atoms with van der Waals surface area (Å²) in [5, 5.41) is 10.9. The number of fused-ring (bicyclic) bond motifs is 1. The van der Waals surface area contributed by atoms with Crippen molar-refractivity contribution in [3.8, 4) is 17.6 Å². The fraction of sp³-hybridized carbons (Fsp3) is 0. The highest BCUT2D eigenvalue weighted by atomic mass is 79.9. The molecule has 0 saturated carbocycles. The molecule has 0 N–H and O–H groups in total. The molecular weight excluding hydrogens is 387 g/mol. The minimum absolute atomic E-state index is 0.334. The number of nitrogens with zero attached hydrogens (tertiary/aromatic N) is 2. The van der Waals surface area contributed by atoms with Crippen LogP contribution in [0.2, 0.25) is 10.0 Å². The molecule has 0 atom stereocenters. The number of hydrogen-bond donors (Lipinski definition) is 0. The minimum Gasteiger partial charge on any atom is -0.454 e. The van der Waals surface area contributed by atoms with Crippen molar-refractivity contribution in [2.45, 2.75) is 0 Å². The first-order valence-electron chi connectivity index (χ1n) is 6.20. The Bertz CT molecular complexity index is 922. The first kappa shape index (κ1) is 15.1. The third-order valence-electron chi connectivity index (χ3n) is 3.01. The monoisotopic (exact) mass is 392 g/mol. The average molecular weight is 394 g/mol. The first-order valence-corrected chi connectivity index (χ1v) is 7.74. The molecule has 22 heavy (non-hydrogen) atoms. The highest BCUT2D eigenvalue weighted by Crippen LogP contribution is 2.37. The number of benzene rings is 2. The van der Waals surface area contributed by atoms with Gasteiger partial charge in [0.2, 0.25) is 0 Å². The summed E-state index contributed by atoms with van der Waals surface area (Å²) in [7, 11) is 0. The lowest BCUT2D eigenvalue weighted by atomic mass is 10.1. The Labute approximate surface area is 145 Å². The normalized spacial score (nSPS) is 10.5. The van der Waals surface area contributed by atoms with Crippen molar-refractivity contribution in [3.05, 3.63) is 62.7 Å². The zero-order valence-electron chi connectivity index (χ0n) is 11.0. The molecule has 0 bridgehead atoms. The number of hydrogen-bond acceptors (Lipinski definition) is 3. The molecule has 0 aliphatic carbocycles. The van der Waals surface area contributed by atoms with Gasteiger partial charge < -0.3 is 4.74 Å². The maximum Gasteiger partial charge on any atom is 0.156 e. The van der Waals surface area contributed by atoms with E-state index in [1.165, 1.54) is 6.20 Å². The number of rotatable bonds is 2. The summed E-state index contributed by atoms with van der Waals surface area (Å²) in [4.78, 5) is 4.27. The van der Waals surface area contributed by atoms with Gasteiger partial charge in [0.05, 0.1) is 10.5 Å². The fourth-order valence-corrected chi connectivity index (χ4v) is 2.80. The Morgan fingerprint density at radius 2 is 1.95 bits per heavy atom. The topological polar surface area (TPSA) is 45.9 Å². The molecular formula is C16H7BrCl2N2O. The number of halogens is 3. The van der Waals surface area contributed by atoms with Crippen LogP contribution in [0, 0.1) is 11.3 Å². The second-order valence-electron chi connectivity index (χ2n) is 4.45. The van der Waals surface area contributed by atoms with Crippen LogP contribution < -0.4 is 4.74 Å². The van der Waals surface area contributed by atoms with Gasteiger partial charge in [0, 0.05) is 21.1 Å². The standard InChI is InChI=1S/C16H7BrCl2N2O/c17-10-1-3-12-14(5-10)21-8-9(7-20)16(12)22-15-4-2-11(18)6-13(15)19/h1-6,8H. The molecule has 0 radical (unpaired) electrons. The van der Waals surface area contributed by atoms with Crippen molar-refractivity contribution >= 4 is 50.0 Å². The van der Waals surface area contributed by atoms with Crippen LogP contribution in [-0.2, 0) is 0 Å². The molecule has 0 aliphatic heterocycles. The van der Waals surface area contributed by atoms with Crippen LogP contribution in [0.25, 0.3) is 10.9 Å². The van der Waals surface area contributed by atoms with Gasteiger partial charge in [-0.3, -0.25) is 4.98 Å². The van der Waals surface area contributed by atoms with E-state index in [2.05, 4.69) is 27.0 Å². The van der Waals surface area contributed by atoms with E-state index < -0.39 is 0 Å². The highest BCUT2D eigenvalue weighted by molar-refractivity contribution is 9.10. The lowest BCUT2D eigenvalue weighted by molar-refractivity contribution is 0.486. The molecule has 1 aromatic heterocycles. The lowest BCUT2D eigenvalue weighted by Crippen LogP contribution is -1.93. The molecule has 3 aromatic rings. The van der Waals surface area contributed by atoms with E-state index in [0.717, 1.165) is 9.86 Å². The SMILES string of the molecule is N#Cc1cnc2cc(Br)ccc2c1Oc1ccc(Cl)cc1Cl. The Morgan fingerprint density at radius 3 is 2.68 bits per heavy atom. The van der Waals surface area contributed by atoms with E-state index in [4.69, 9.17) is 27.9 Å². The largest absolute Gasteiger partial charge is 0.454 e. The Balaban J connectivity index is 2.18. The van der Waals surface area contributed by atoms with Crippen molar-refractivity contribution in [1.29, 1.82) is 5.26 Å². The molecule has 0 saturated heterocycles. The summed E-state index contributed by atoms with van der Waals surface area (Å²) in [6.45, 7) is 0. The van der Waals surface area contributed by atoms with Crippen LogP contribution in [-0.4, -0.2) is 4.98 Å². The van der Waals surface area contributed by atoms with Gasteiger partial charge in [0.25, 0.3) is 0 Å². The Morgan fingerprint density at radius 1 is 1.14 bits per heavy atom. The molecule has 0 spiro atoms. The number of pyridine rings is 1. The van der Waals surface area contributed by atoms with Crippen LogP contribution in [0.1, 0.15) is 5.56 Å². The summed E-state index contributed by atoms with van der Waals surface area (Å²) in [5.74, 6) is 0.849. The number of nitriles is 1. The Hall–Kier alpha value is -1.80. The third-order valence-corrected chi connectivity index (χ3v) is 4.03. The number of ether oxygens (including phenoxy) is 1. The molecule has 0 unspecified atom stereocenters. The summed E-state index contributed by atoms with van der Waals surface area (Å²) in [5.41, 5.74) is 1.05. The zero-order chi connectivity index (χ0) is 15.7. The zero-order valence-corrected chi connectivity index (χ0v) is 14.1. The minimum atomic E-state index is 0.334. The number of aromatic nitrogens is 1. The van der Waals surface area contributed by atoms with Gasteiger partial charge in [-0.15, -0.1) is 0 Å². The first-order chi connectivity index (χ1) is 10.6. The summed E-state index contributed by atoms with van der Waals surface area (Å²) in [6.07, 6.45) is 1.48. The van der Waals surface area contributed by atoms with Crippen LogP contribution in [0.15, 0.2) is 47.1 Å². The van der Waals surface area contributed by atoms with Gasteiger partial charge in [0.1, 0.15) is 17.4 Å². The second kappa shape index (κ2) is 6.13. The van der Waals surface area contributed by atoms with Crippen LogP contribution >= 0.6 is 39.1 Å². The highest BCUT2D eigenvalue weighted by Gasteiger charge is 2.13. The molecule has 0 amide bonds. The molecule has 0 fully saturated rings. The van der Waals surface area contributed by atoms with E-state index in [1.54, 1.807) is 18.2 Å². The van der Waals surface area contributed by atoms with Crippen LogP contribution in [0.4, 0.5) is 0 Å². The molecule has 3 rings (SSSR count). The van der Waals surface area contributed by atoms with E-state index in [9.17, 15) is 5.26 Å². The smallest absolute Gasteiger partial charge is 0.156 e. The Kier molecular flexibility index (Phi) is 4.21. The maximum atomic E-state index is 9.29. The lowest BCUT2D eigenvalue weighted by Gasteiger charge is -2.12. The molecule has 108 valence electrons. The van der Waals surface area contributed by atoms with Crippen molar-refractivity contribution in [2.24, 2.45) is 0 Å². The third kappa shape index (κ3) is 2.89. The van der Waals surface area contributed by atoms with Gasteiger partial charge in [-0.2, -0.15) is 5.26 Å². The van der Waals surface area contributed by atoms with Crippen molar-refractivity contribution in [1.82, 2.24) is 4.98 Å². The van der Waals surface area contributed by atoms with E-state index >= 15 is 0 Å². The van der Waals surface area contributed by atoms with Gasteiger partial charge in [-0.25, -0.2) is 0 Å². The molecule has 0 aliphatic rings. The van der Waals surface area contributed by atoms with Crippen molar-refractivity contribution in [2.75, 3.05) is 0 Å². The van der Waals surface area contributed by atoms with E-state index in [1.807, 2.05) is 18.2 Å². The maximum absolute atomic E-state index is 9.29. The van der Waals surface area contributed by atoms with Crippen LogP contribution in [0.3, 0.4) is 0 Å². The summed E-state index contributed by atoms with van der Waals surface area (Å²) < 4.78 is 6.77. The van der Waals surface area contributed by atoms with Crippen molar-refractivity contribution < 1.29 is 4.74 Å². The average Bonchev–Trinajstić information content (AvgIpc) is 2.49. The summed E-state index contributed by atoms with van der Waals surface area (Å²) in [6, 6.07) is 12.6. The van der Waals surface area contributed by atoms with Gasteiger partial charge in [-0.1, -0.05) is 39.1 Å². The van der Waals surface area contributed by atoms with Crippen LogP contribution in [0.5, 0.6) is 11.5 Å². The van der Waals surface area contributed by atoms with E-state index in [0.29, 0.717) is 32.6 Å². The predicted octanol–water partition coefficient (Wildman–Crippen LogP) is 5.97. The van der Waals surface area contributed by atoms with Gasteiger partial charge in [-0.05, 0) is 36.4 Å². The molecule has 6 heteroatoms.